The molecule has 0 spiro atoms. The Morgan fingerprint density at radius 3 is 2.58 bits per heavy atom. The standard InChI is InChI=1S/C30H27N3O4S/c1-35-24-15-11-19(17-25(24)36-2)12-16-28-31-29(32-37-28)20-13-14-23-27(18-20)38-26-10-6-5-9-22(26)30(34)33(23)21-7-3-4-8-21/h5-6,9-18,21H,3-4,7-8H2,1-2H3. The molecule has 2 heterocycles. The molecule has 0 unspecified atom stereocenters. The number of rotatable bonds is 6. The maximum Gasteiger partial charge on any atom is 0.259 e. The van der Waals surface area contributed by atoms with Gasteiger partial charge in [0, 0.05) is 27.5 Å². The first kappa shape index (κ1) is 24.3. The first-order valence-corrected chi connectivity index (χ1v) is 13.4. The first-order valence-electron chi connectivity index (χ1n) is 12.6. The molecule has 2 aliphatic rings. The molecule has 1 aliphatic carbocycles. The third-order valence-electron chi connectivity index (χ3n) is 6.99. The number of carbonyl (C=O) groups excluding carboxylic acids is 1. The van der Waals surface area contributed by atoms with Gasteiger partial charge in [-0.2, -0.15) is 4.98 Å². The van der Waals surface area contributed by atoms with Gasteiger partial charge in [0.2, 0.25) is 5.82 Å². The number of carbonyl (C=O) groups is 1. The van der Waals surface area contributed by atoms with Crippen molar-refractivity contribution < 1.29 is 18.8 Å². The zero-order valence-electron chi connectivity index (χ0n) is 21.2. The Hall–Kier alpha value is -4.04. The van der Waals surface area contributed by atoms with E-state index in [1.165, 1.54) is 0 Å². The maximum atomic E-state index is 13.7. The first-order chi connectivity index (χ1) is 18.6. The summed E-state index contributed by atoms with van der Waals surface area (Å²) in [5.74, 6) is 2.28. The molecule has 1 saturated carbocycles. The predicted molar refractivity (Wildman–Crippen MR) is 148 cm³/mol. The monoisotopic (exact) mass is 525 g/mol. The zero-order chi connectivity index (χ0) is 26.1. The average Bonchev–Trinajstić information content (AvgIpc) is 3.64. The van der Waals surface area contributed by atoms with Crippen LogP contribution in [0.4, 0.5) is 5.69 Å². The van der Waals surface area contributed by atoms with Gasteiger partial charge in [-0.15, -0.1) is 0 Å². The molecule has 3 aromatic carbocycles. The fourth-order valence-corrected chi connectivity index (χ4v) is 6.20. The van der Waals surface area contributed by atoms with Crippen LogP contribution in [0.3, 0.4) is 0 Å². The van der Waals surface area contributed by atoms with Crippen LogP contribution in [-0.4, -0.2) is 36.3 Å². The third-order valence-corrected chi connectivity index (χ3v) is 8.11. The number of amides is 1. The largest absolute Gasteiger partial charge is 0.493 e. The highest BCUT2D eigenvalue weighted by molar-refractivity contribution is 7.99. The van der Waals surface area contributed by atoms with Gasteiger partial charge in [0.25, 0.3) is 11.8 Å². The lowest BCUT2D eigenvalue weighted by Crippen LogP contribution is -2.39. The van der Waals surface area contributed by atoms with E-state index in [1.54, 1.807) is 32.1 Å². The number of ether oxygens (including phenoxy) is 2. The van der Waals surface area contributed by atoms with Gasteiger partial charge in [0.1, 0.15) is 0 Å². The molecule has 0 N–H and O–H groups in total. The number of methoxy groups -OCH3 is 2. The highest BCUT2D eigenvalue weighted by atomic mass is 32.2. The second-order valence-electron chi connectivity index (χ2n) is 9.30. The second-order valence-corrected chi connectivity index (χ2v) is 10.4. The van der Waals surface area contributed by atoms with Crippen LogP contribution in [0, 0.1) is 0 Å². The Labute approximate surface area is 225 Å². The predicted octanol–water partition coefficient (Wildman–Crippen LogP) is 6.98. The van der Waals surface area contributed by atoms with E-state index in [-0.39, 0.29) is 11.9 Å². The average molecular weight is 526 g/mol. The maximum absolute atomic E-state index is 13.7. The number of benzene rings is 3. The normalized spacial score (nSPS) is 15.4. The Bertz CT molecular complexity index is 1520. The quantitative estimate of drug-likeness (QED) is 0.269. The fraction of sp³-hybridized carbons (Fsp3) is 0.233. The van der Waals surface area contributed by atoms with E-state index in [2.05, 4.69) is 16.2 Å². The summed E-state index contributed by atoms with van der Waals surface area (Å²) < 4.78 is 16.2. The minimum absolute atomic E-state index is 0.0775. The van der Waals surface area contributed by atoms with Gasteiger partial charge in [-0.05, 0) is 66.9 Å². The van der Waals surface area contributed by atoms with Gasteiger partial charge < -0.3 is 18.9 Å². The molecular formula is C30H27N3O4S. The van der Waals surface area contributed by atoms with Gasteiger partial charge in [-0.1, -0.05) is 48.0 Å². The Morgan fingerprint density at radius 1 is 0.947 bits per heavy atom. The van der Waals surface area contributed by atoms with Crippen LogP contribution in [0.1, 0.15) is 47.5 Å². The summed E-state index contributed by atoms with van der Waals surface area (Å²) in [4.78, 5) is 22.2. The van der Waals surface area contributed by atoms with Crippen molar-refractivity contribution in [3.8, 4) is 22.9 Å². The lowest BCUT2D eigenvalue weighted by molar-refractivity contribution is 0.0974. The van der Waals surface area contributed by atoms with E-state index >= 15 is 0 Å². The Kier molecular flexibility index (Phi) is 6.64. The van der Waals surface area contributed by atoms with Crippen LogP contribution in [-0.2, 0) is 0 Å². The zero-order valence-corrected chi connectivity index (χ0v) is 22.0. The highest BCUT2D eigenvalue weighted by Gasteiger charge is 2.34. The number of aromatic nitrogens is 2. The van der Waals surface area contributed by atoms with Crippen molar-refractivity contribution >= 4 is 35.5 Å². The number of hydrogen-bond donors (Lipinski definition) is 0. The summed E-state index contributed by atoms with van der Waals surface area (Å²) in [5, 5.41) is 4.22. The van der Waals surface area contributed by atoms with Crippen LogP contribution >= 0.6 is 11.8 Å². The molecule has 192 valence electrons. The molecule has 0 saturated heterocycles. The Morgan fingerprint density at radius 2 is 1.76 bits per heavy atom. The summed E-state index contributed by atoms with van der Waals surface area (Å²) >= 11 is 1.61. The van der Waals surface area contributed by atoms with Crippen LogP contribution in [0.2, 0.25) is 0 Å². The van der Waals surface area contributed by atoms with Crippen LogP contribution in [0.15, 0.2) is 75.0 Å². The highest BCUT2D eigenvalue weighted by Crippen LogP contribution is 2.45. The minimum atomic E-state index is 0.0775. The molecule has 0 radical (unpaired) electrons. The van der Waals surface area contributed by atoms with E-state index in [9.17, 15) is 4.79 Å². The second kappa shape index (κ2) is 10.4. The molecule has 1 amide bonds. The Balaban J connectivity index is 1.31. The van der Waals surface area contributed by atoms with Crippen molar-refractivity contribution in [1.82, 2.24) is 10.1 Å². The van der Waals surface area contributed by atoms with E-state index in [0.29, 0.717) is 23.2 Å². The summed E-state index contributed by atoms with van der Waals surface area (Å²) in [5.41, 5.74) is 3.45. The molecule has 0 atom stereocenters. The minimum Gasteiger partial charge on any atom is -0.493 e. The van der Waals surface area contributed by atoms with E-state index in [4.69, 9.17) is 14.0 Å². The molecule has 38 heavy (non-hydrogen) atoms. The molecular weight excluding hydrogens is 498 g/mol. The third kappa shape index (κ3) is 4.56. The van der Waals surface area contributed by atoms with E-state index in [0.717, 1.165) is 57.9 Å². The summed E-state index contributed by atoms with van der Waals surface area (Å²) in [6.07, 6.45) is 8.01. The van der Waals surface area contributed by atoms with Gasteiger partial charge in [-0.3, -0.25) is 4.79 Å². The lowest BCUT2D eigenvalue weighted by Gasteiger charge is -2.29. The smallest absolute Gasteiger partial charge is 0.259 e. The van der Waals surface area contributed by atoms with Gasteiger partial charge in [0.15, 0.2) is 11.5 Å². The topological polar surface area (TPSA) is 77.7 Å². The molecule has 1 aliphatic heterocycles. The van der Waals surface area contributed by atoms with E-state index < -0.39 is 0 Å². The molecule has 1 fully saturated rings. The van der Waals surface area contributed by atoms with Crippen LogP contribution in [0.25, 0.3) is 23.5 Å². The molecule has 7 nitrogen and oxygen atoms in total. The van der Waals surface area contributed by atoms with Crippen molar-refractivity contribution in [2.75, 3.05) is 19.1 Å². The van der Waals surface area contributed by atoms with Crippen molar-refractivity contribution in [3.63, 3.8) is 0 Å². The fourth-order valence-electron chi connectivity index (χ4n) is 5.09. The SMILES string of the molecule is COc1ccc(C=Cc2nc(-c3ccc4c(c3)Sc3ccccc3C(=O)N4C3CCCC3)no2)cc1OC. The van der Waals surface area contributed by atoms with Crippen molar-refractivity contribution in [2.24, 2.45) is 0 Å². The van der Waals surface area contributed by atoms with Crippen LogP contribution in [0.5, 0.6) is 11.5 Å². The number of anilines is 1. The van der Waals surface area contributed by atoms with Gasteiger partial charge in [0.05, 0.1) is 25.5 Å². The lowest BCUT2D eigenvalue weighted by atomic mass is 10.1. The molecule has 0 bridgehead atoms. The van der Waals surface area contributed by atoms with Crippen molar-refractivity contribution in [2.45, 2.75) is 41.5 Å². The number of fused-ring (bicyclic) bond motifs is 2. The summed E-state index contributed by atoms with van der Waals surface area (Å²) in [7, 11) is 3.22. The van der Waals surface area contributed by atoms with Crippen molar-refractivity contribution in [3.05, 3.63) is 77.7 Å². The summed E-state index contributed by atoms with van der Waals surface area (Å²) in [6.45, 7) is 0. The molecule has 4 aromatic rings. The van der Waals surface area contributed by atoms with Crippen molar-refractivity contribution in [1.29, 1.82) is 0 Å². The van der Waals surface area contributed by atoms with Gasteiger partial charge in [-0.25, -0.2) is 0 Å². The number of nitrogens with zero attached hydrogens (tertiary/aromatic N) is 3. The van der Waals surface area contributed by atoms with E-state index in [1.807, 2.05) is 65.6 Å². The molecule has 8 heteroatoms. The van der Waals surface area contributed by atoms with Gasteiger partial charge >= 0.3 is 0 Å². The summed E-state index contributed by atoms with van der Waals surface area (Å²) in [6, 6.07) is 19.8. The molecule has 6 rings (SSSR count). The number of hydrogen-bond acceptors (Lipinski definition) is 7. The molecule has 1 aromatic heterocycles. The van der Waals surface area contributed by atoms with Crippen LogP contribution < -0.4 is 14.4 Å².